The van der Waals surface area contributed by atoms with Crippen molar-refractivity contribution in [1.29, 1.82) is 0 Å². The van der Waals surface area contributed by atoms with Crippen molar-refractivity contribution in [2.45, 2.75) is 25.7 Å². The molecule has 4 heteroatoms. The van der Waals surface area contributed by atoms with Gasteiger partial charge in [-0.1, -0.05) is 15.9 Å². The third kappa shape index (κ3) is 2.80. The van der Waals surface area contributed by atoms with Crippen molar-refractivity contribution >= 4 is 27.5 Å². The van der Waals surface area contributed by atoms with Gasteiger partial charge in [0.2, 0.25) is 0 Å². The first-order chi connectivity index (χ1) is 8.61. The fourth-order valence-electron chi connectivity index (χ4n) is 2.29. The molecule has 0 bridgehead atoms. The van der Waals surface area contributed by atoms with Gasteiger partial charge in [0.1, 0.15) is 11.5 Å². The third-order valence-corrected chi connectivity index (χ3v) is 3.98. The van der Waals surface area contributed by atoms with Crippen molar-refractivity contribution in [3.8, 4) is 5.75 Å². The SMILES string of the molecule is COc1ccc(Br)c(C(=O)C2CCCC(=O)C2)c1. The number of hydrogen-bond donors (Lipinski definition) is 0. The van der Waals surface area contributed by atoms with Crippen LogP contribution in [0.3, 0.4) is 0 Å². The molecule has 0 aliphatic heterocycles. The monoisotopic (exact) mass is 310 g/mol. The highest BCUT2D eigenvalue weighted by Gasteiger charge is 2.27. The van der Waals surface area contributed by atoms with Gasteiger partial charge in [-0.3, -0.25) is 9.59 Å². The second-order valence-corrected chi connectivity index (χ2v) is 5.40. The molecular formula is C14H15BrO3. The summed E-state index contributed by atoms with van der Waals surface area (Å²) >= 11 is 3.38. The Balaban J connectivity index is 2.24. The molecule has 1 unspecified atom stereocenters. The normalized spacial score (nSPS) is 19.7. The molecule has 1 aromatic carbocycles. The van der Waals surface area contributed by atoms with E-state index in [0.717, 1.165) is 17.3 Å². The van der Waals surface area contributed by atoms with E-state index in [1.165, 1.54) is 0 Å². The fraction of sp³-hybridized carbons (Fsp3) is 0.429. The molecule has 0 spiro atoms. The van der Waals surface area contributed by atoms with Gasteiger partial charge in [0.25, 0.3) is 0 Å². The number of benzene rings is 1. The van der Waals surface area contributed by atoms with Gasteiger partial charge < -0.3 is 4.74 Å². The highest BCUT2D eigenvalue weighted by atomic mass is 79.9. The van der Waals surface area contributed by atoms with Gasteiger partial charge in [-0.25, -0.2) is 0 Å². The summed E-state index contributed by atoms with van der Waals surface area (Å²) in [6.45, 7) is 0. The summed E-state index contributed by atoms with van der Waals surface area (Å²) in [5.74, 6) is 0.714. The minimum Gasteiger partial charge on any atom is -0.497 e. The predicted molar refractivity (Wildman–Crippen MR) is 72.0 cm³/mol. The molecule has 2 rings (SSSR count). The molecule has 0 radical (unpaired) electrons. The molecule has 0 aromatic heterocycles. The predicted octanol–water partition coefficient (Wildman–Crippen LogP) is 3.40. The lowest BCUT2D eigenvalue weighted by atomic mass is 9.83. The molecule has 0 saturated heterocycles. The number of carbonyl (C=O) groups excluding carboxylic acids is 2. The minimum absolute atomic E-state index is 0.0359. The Kier molecular flexibility index (Phi) is 4.17. The van der Waals surface area contributed by atoms with Crippen LogP contribution in [0.4, 0.5) is 0 Å². The van der Waals surface area contributed by atoms with E-state index in [4.69, 9.17) is 4.74 Å². The smallest absolute Gasteiger partial charge is 0.167 e. The Hall–Kier alpha value is -1.16. The number of rotatable bonds is 3. The summed E-state index contributed by atoms with van der Waals surface area (Å²) in [5, 5.41) is 0. The topological polar surface area (TPSA) is 43.4 Å². The summed E-state index contributed by atoms with van der Waals surface area (Å²) in [4.78, 5) is 23.8. The van der Waals surface area contributed by atoms with Crippen LogP contribution in [0.1, 0.15) is 36.0 Å². The van der Waals surface area contributed by atoms with Gasteiger partial charge in [-0.05, 0) is 31.0 Å². The molecule has 1 aliphatic carbocycles. The molecule has 1 aliphatic rings. The van der Waals surface area contributed by atoms with E-state index in [-0.39, 0.29) is 17.5 Å². The first kappa shape index (κ1) is 13.3. The Bertz CT molecular complexity index is 482. The fourth-order valence-corrected chi connectivity index (χ4v) is 2.73. The second kappa shape index (κ2) is 5.65. The molecule has 1 aromatic rings. The molecule has 1 fully saturated rings. The molecule has 0 N–H and O–H groups in total. The minimum atomic E-state index is -0.172. The van der Waals surface area contributed by atoms with E-state index < -0.39 is 0 Å². The van der Waals surface area contributed by atoms with E-state index >= 15 is 0 Å². The van der Waals surface area contributed by atoms with Crippen molar-refractivity contribution < 1.29 is 14.3 Å². The molecule has 3 nitrogen and oxygen atoms in total. The molecule has 1 atom stereocenters. The number of Topliss-reactive ketones (excluding diaryl/α,β-unsaturated/α-hetero) is 2. The van der Waals surface area contributed by atoms with Crippen molar-refractivity contribution in [3.05, 3.63) is 28.2 Å². The van der Waals surface area contributed by atoms with Gasteiger partial charge in [-0.15, -0.1) is 0 Å². The Morgan fingerprint density at radius 2 is 2.22 bits per heavy atom. The van der Waals surface area contributed by atoms with Crippen LogP contribution < -0.4 is 4.74 Å². The number of ether oxygens (including phenoxy) is 1. The maximum Gasteiger partial charge on any atom is 0.167 e. The lowest BCUT2D eigenvalue weighted by molar-refractivity contribution is -0.121. The standard InChI is InChI=1S/C14H15BrO3/c1-18-11-5-6-13(15)12(8-11)14(17)9-3-2-4-10(16)7-9/h5-6,8-9H,2-4,7H2,1H3. The van der Waals surface area contributed by atoms with Crippen LogP contribution in [0.2, 0.25) is 0 Å². The van der Waals surface area contributed by atoms with E-state index in [0.29, 0.717) is 24.2 Å². The number of ketones is 2. The lowest BCUT2D eigenvalue weighted by Gasteiger charge is -2.20. The zero-order chi connectivity index (χ0) is 13.1. The first-order valence-electron chi connectivity index (χ1n) is 6.01. The van der Waals surface area contributed by atoms with Gasteiger partial charge in [-0.2, -0.15) is 0 Å². The van der Waals surface area contributed by atoms with Gasteiger partial charge in [0.15, 0.2) is 5.78 Å². The van der Waals surface area contributed by atoms with E-state index in [2.05, 4.69) is 15.9 Å². The summed E-state index contributed by atoms with van der Waals surface area (Å²) in [6.07, 6.45) is 2.61. The van der Waals surface area contributed by atoms with E-state index in [9.17, 15) is 9.59 Å². The third-order valence-electron chi connectivity index (χ3n) is 3.29. The van der Waals surface area contributed by atoms with Crippen LogP contribution in [0.15, 0.2) is 22.7 Å². The zero-order valence-corrected chi connectivity index (χ0v) is 11.8. The molecule has 0 amide bonds. The van der Waals surface area contributed by atoms with Crippen LogP contribution in [-0.2, 0) is 4.79 Å². The van der Waals surface area contributed by atoms with Crippen LogP contribution >= 0.6 is 15.9 Å². The lowest BCUT2D eigenvalue weighted by Crippen LogP contribution is -2.23. The van der Waals surface area contributed by atoms with Gasteiger partial charge in [0.05, 0.1) is 7.11 Å². The number of halogens is 1. The number of carbonyl (C=O) groups is 2. The summed E-state index contributed by atoms with van der Waals surface area (Å²) in [7, 11) is 1.57. The van der Waals surface area contributed by atoms with Crippen LogP contribution in [0.5, 0.6) is 5.75 Å². The summed E-state index contributed by atoms with van der Waals surface area (Å²) in [5.41, 5.74) is 0.606. The quantitative estimate of drug-likeness (QED) is 0.804. The van der Waals surface area contributed by atoms with Gasteiger partial charge in [0, 0.05) is 28.8 Å². The van der Waals surface area contributed by atoms with Crippen molar-refractivity contribution in [2.24, 2.45) is 5.92 Å². The van der Waals surface area contributed by atoms with E-state index in [1.54, 1.807) is 25.3 Å². The first-order valence-corrected chi connectivity index (χ1v) is 6.80. The second-order valence-electron chi connectivity index (χ2n) is 4.54. The average molecular weight is 311 g/mol. The summed E-state index contributed by atoms with van der Waals surface area (Å²) in [6, 6.07) is 5.33. The molecular weight excluding hydrogens is 296 g/mol. The maximum absolute atomic E-state index is 12.4. The highest BCUT2D eigenvalue weighted by Crippen LogP contribution is 2.30. The largest absolute Gasteiger partial charge is 0.497 e. The van der Waals surface area contributed by atoms with Crippen LogP contribution in [0, 0.1) is 5.92 Å². The van der Waals surface area contributed by atoms with Crippen LogP contribution in [-0.4, -0.2) is 18.7 Å². The Labute approximate surface area is 115 Å². The Morgan fingerprint density at radius 1 is 1.44 bits per heavy atom. The van der Waals surface area contributed by atoms with Crippen molar-refractivity contribution in [1.82, 2.24) is 0 Å². The van der Waals surface area contributed by atoms with E-state index in [1.807, 2.05) is 0 Å². The Morgan fingerprint density at radius 3 is 2.89 bits per heavy atom. The summed E-state index contributed by atoms with van der Waals surface area (Å²) < 4.78 is 5.88. The molecule has 0 heterocycles. The molecule has 18 heavy (non-hydrogen) atoms. The molecule has 96 valence electrons. The molecule has 1 saturated carbocycles. The number of methoxy groups -OCH3 is 1. The maximum atomic E-state index is 12.4. The van der Waals surface area contributed by atoms with Crippen molar-refractivity contribution in [3.63, 3.8) is 0 Å². The van der Waals surface area contributed by atoms with Crippen molar-refractivity contribution in [2.75, 3.05) is 7.11 Å². The zero-order valence-electron chi connectivity index (χ0n) is 10.2. The number of hydrogen-bond acceptors (Lipinski definition) is 3. The average Bonchev–Trinajstić information content (AvgIpc) is 2.38. The highest BCUT2D eigenvalue weighted by molar-refractivity contribution is 9.10. The van der Waals surface area contributed by atoms with Crippen LogP contribution in [0.25, 0.3) is 0 Å². The van der Waals surface area contributed by atoms with Gasteiger partial charge >= 0.3 is 0 Å².